The van der Waals surface area contributed by atoms with Gasteiger partial charge in [0.05, 0.1) is 11.1 Å². The molecule has 2 amide bonds. The third kappa shape index (κ3) is 8.77. The second kappa shape index (κ2) is 14.4. The van der Waals surface area contributed by atoms with E-state index >= 15 is 0 Å². The summed E-state index contributed by atoms with van der Waals surface area (Å²) in [6, 6.07) is 21.8. The van der Waals surface area contributed by atoms with E-state index in [4.69, 9.17) is 17.0 Å². The van der Waals surface area contributed by atoms with E-state index in [1.807, 2.05) is 30.3 Å². The van der Waals surface area contributed by atoms with Crippen molar-refractivity contribution in [2.75, 3.05) is 11.9 Å². The minimum Gasteiger partial charge on any atom is -0.492 e. The molecule has 0 fully saturated rings. The van der Waals surface area contributed by atoms with E-state index in [1.165, 1.54) is 12.8 Å². The predicted molar refractivity (Wildman–Crippen MR) is 152 cm³/mol. The Labute approximate surface area is 226 Å². The van der Waals surface area contributed by atoms with Gasteiger partial charge in [0.1, 0.15) is 5.75 Å². The standard InChI is InChI=1S/C28H30BrN3O3S/c1-2-3-4-8-16-35-25-15-14-22(18-24(25)29)27(34)32-28(36)31-23-13-9-12-21(17-23)26(33)30-19-20-10-6-5-7-11-20/h5-7,9-15,17-18H,2-4,8,16,19H2,1H3,(H,30,33)(H2,31,32,34,36). The van der Waals surface area contributed by atoms with Gasteiger partial charge in [0.25, 0.3) is 11.8 Å². The van der Waals surface area contributed by atoms with Crippen LogP contribution in [0.5, 0.6) is 5.75 Å². The molecular formula is C28H30BrN3O3S. The van der Waals surface area contributed by atoms with Crippen molar-refractivity contribution in [2.45, 2.75) is 39.2 Å². The molecule has 3 rings (SSSR count). The van der Waals surface area contributed by atoms with Crippen LogP contribution in [0.15, 0.2) is 77.3 Å². The number of hydrogen-bond donors (Lipinski definition) is 3. The van der Waals surface area contributed by atoms with Gasteiger partial charge in [-0.2, -0.15) is 0 Å². The molecule has 0 bridgehead atoms. The van der Waals surface area contributed by atoms with E-state index < -0.39 is 0 Å². The van der Waals surface area contributed by atoms with Crippen LogP contribution < -0.4 is 20.7 Å². The normalized spacial score (nSPS) is 10.4. The lowest BCUT2D eigenvalue weighted by Gasteiger charge is -2.12. The Morgan fingerprint density at radius 3 is 2.42 bits per heavy atom. The quantitative estimate of drug-likeness (QED) is 0.183. The molecule has 0 saturated heterocycles. The van der Waals surface area contributed by atoms with Crippen LogP contribution in [0.4, 0.5) is 5.69 Å². The number of thiocarbonyl (C=S) groups is 1. The van der Waals surface area contributed by atoms with Crippen LogP contribution in [-0.4, -0.2) is 23.5 Å². The molecule has 0 spiro atoms. The summed E-state index contributed by atoms with van der Waals surface area (Å²) in [5.74, 6) is 0.153. The van der Waals surface area contributed by atoms with Gasteiger partial charge in [0.2, 0.25) is 0 Å². The van der Waals surface area contributed by atoms with E-state index in [-0.39, 0.29) is 16.9 Å². The number of benzene rings is 3. The Kier molecular flexibility index (Phi) is 10.9. The molecule has 3 N–H and O–H groups in total. The lowest BCUT2D eigenvalue weighted by atomic mass is 10.1. The number of unbranched alkanes of at least 4 members (excludes halogenated alkanes) is 3. The predicted octanol–water partition coefficient (Wildman–Crippen LogP) is 6.47. The van der Waals surface area contributed by atoms with Crippen molar-refractivity contribution >= 4 is 50.8 Å². The van der Waals surface area contributed by atoms with Crippen LogP contribution in [0.3, 0.4) is 0 Å². The Bertz CT molecular complexity index is 1190. The molecule has 36 heavy (non-hydrogen) atoms. The molecule has 3 aromatic carbocycles. The molecule has 0 aromatic heterocycles. The van der Waals surface area contributed by atoms with Crippen LogP contribution >= 0.6 is 28.1 Å². The second-order valence-electron chi connectivity index (χ2n) is 8.21. The summed E-state index contributed by atoms with van der Waals surface area (Å²) >= 11 is 8.78. The monoisotopic (exact) mass is 567 g/mol. The van der Waals surface area contributed by atoms with E-state index in [9.17, 15) is 9.59 Å². The first kappa shape index (κ1) is 27.4. The number of rotatable bonds is 11. The van der Waals surface area contributed by atoms with Crippen molar-refractivity contribution in [3.05, 3.63) is 94.0 Å². The molecule has 0 aliphatic heterocycles. The van der Waals surface area contributed by atoms with Gasteiger partial charge in [-0.1, -0.05) is 62.6 Å². The Morgan fingerprint density at radius 1 is 0.889 bits per heavy atom. The van der Waals surface area contributed by atoms with E-state index in [0.717, 1.165) is 18.4 Å². The fourth-order valence-electron chi connectivity index (χ4n) is 3.43. The highest BCUT2D eigenvalue weighted by atomic mass is 79.9. The molecule has 6 nitrogen and oxygen atoms in total. The zero-order valence-electron chi connectivity index (χ0n) is 20.2. The van der Waals surface area contributed by atoms with Crippen LogP contribution in [-0.2, 0) is 6.54 Å². The Balaban J connectivity index is 1.51. The maximum absolute atomic E-state index is 12.7. The summed E-state index contributed by atoms with van der Waals surface area (Å²) in [5.41, 5.74) is 2.54. The molecule has 0 aliphatic carbocycles. The first-order valence-electron chi connectivity index (χ1n) is 11.9. The summed E-state index contributed by atoms with van der Waals surface area (Å²) < 4.78 is 6.51. The van der Waals surface area contributed by atoms with Crippen molar-refractivity contribution in [3.63, 3.8) is 0 Å². The molecule has 0 unspecified atom stereocenters. The lowest BCUT2D eigenvalue weighted by molar-refractivity contribution is 0.0948. The zero-order chi connectivity index (χ0) is 25.8. The topological polar surface area (TPSA) is 79.5 Å². The van der Waals surface area contributed by atoms with E-state index in [2.05, 4.69) is 38.8 Å². The Morgan fingerprint density at radius 2 is 1.67 bits per heavy atom. The summed E-state index contributed by atoms with van der Waals surface area (Å²) in [6.45, 7) is 3.25. The highest BCUT2D eigenvalue weighted by Crippen LogP contribution is 2.26. The fraction of sp³-hybridized carbons (Fsp3) is 0.250. The average Bonchev–Trinajstić information content (AvgIpc) is 2.88. The van der Waals surface area contributed by atoms with Crippen LogP contribution in [0.2, 0.25) is 0 Å². The number of carbonyl (C=O) groups is 2. The van der Waals surface area contributed by atoms with Crippen molar-refractivity contribution in [3.8, 4) is 5.75 Å². The van der Waals surface area contributed by atoms with Gasteiger partial charge >= 0.3 is 0 Å². The minimum atomic E-state index is -0.348. The van der Waals surface area contributed by atoms with Crippen LogP contribution in [0.25, 0.3) is 0 Å². The number of hydrogen-bond acceptors (Lipinski definition) is 4. The first-order chi connectivity index (χ1) is 17.5. The summed E-state index contributed by atoms with van der Waals surface area (Å²) in [6.07, 6.45) is 4.52. The molecular weight excluding hydrogens is 538 g/mol. The molecule has 0 atom stereocenters. The first-order valence-corrected chi connectivity index (χ1v) is 13.1. The SMILES string of the molecule is CCCCCCOc1ccc(C(=O)NC(=S)Nc2cccc(C(=O)NCc3ccccc3)c2)cc1Br. The van der Waals surface area contributed by atoms with Crippen molar-refractivity contribution in [2.24, 2.45) is 0 Å². The van der Waals surface area contributed by atoms with E-state index in [0.29, 0.717) is 40.2 Å². The van der Waals surface area contributed by atoms with Crippen LogP contribution in [0, 0.1) is 0 Å². The number of halogens is 1. The maximum Gasteiger partial charge on any atom is 0.257 e. The Hall–Kier alpha value is -3.23. The van der Waals surface area contributed by atoms with Crippen LogP contribution in [0.1, 0.15) is 58.9 Å². The zero-order valence-corrected chi connectivity index (χ0v) is 22.6. The van der Waals surface area contributed by atoms with Gasteiger partial charge in [-0.05, 0) is 76.5 Å². The third-order valence-electron chi connectivity index (χ3n) is 5.36. The number of anilines is 1. The van der Waals surface area contributed by atoms with Gasteiger partial charge in [-0.25, -0.2) is 0 Å². The largest absolute Gasteiger partial charge is 0.492 e. The number of amides is 2. The number of ether oxygens (including phenoxy) is 1. The average molecular weight is 569 g/mol. The summed E-state index contributed by atoms with van der Waals surface area (Å²) in [4.78, 5) is 25.2. The summed E-state index contributed by atoms with van der Waals surface area (Å²) in [7, 11) is 0. The van der Waals surface area contributed by atoms with Gasteiger partial charge in [-0.3, -0.25) is 14.9 Å². The van der Waals surface area contributed by atoms with Crippen molar-refractivity contribution in [1.29, 1.82) is 0 Å². The smallest absolute Gasteiger partial charge is 0.257 e. The van der Waals surface area contributed by atoms with Gasteiger partial charge in [0.15, 0.2) is 5.11 Å². The molecule has 0 radical (unpaired) electrons. The second-order valence-corrected chi connectivity index (χ2v) is 9.47. The maximum atomic E-state index is 12.7. The van der Waals surface area contributed by atoms with Gasteiger partial charge < -0.3 is 15.4 Å². The van der Waals surface area contributed by atoms with Crippen molar-refractivity contribution < 1.29 is 14.3 Å². The number of nitrogens with one attached hydrogen (secondary N) is 3. The third-order valence-corrected chi connectivity index (χ3v) is 6.18. The van der Waals surface area contributed by atoms with E-state index in [1.54, 1.807) is 42.5 Å². The number of carbonyl (C=O) groups excluding carboxylic acids is 2. The minimum absolute atomic E-state index is 0.134. The van der Waals surface area contributed by atoms with Gasteiger partial charge in [0, 0.05) is 23.4 Å². The fourth-order valence-corrected chi connectivity index (χ4v) is 4.13. The molecule has 3 aromatic rings. The molecule has 0 heterocycles. The highest BCUT2D eigenvalue weighted by Gasteiger charge is 2.12. The molecule has 188 valence electrons. The lowest BCUT2D eigenvalue weighted by Crippen LogP contribution is -2.34. The molecule has 8 heteroatoms. The van der Waals surface area contributed by atoms with Gasteiger partial charge in [-0.15, -0.1) is 0 Å². The summed E-state index contributed by atoms with van der Waals surface area (Å²) in [5, 5.41) is 8.67. The molecule has 0 saturated carbocycles. The highest BCUT2D eigenvalue weighted by molar-refractivity contribution is 9.10. The molecule has 0 aliphatic rings. The van der Waals surface area contributed by atoms with Crippen molar-refractivity contribution in [1.82, 2.24) is 10.6 Å².